The van der Waals surface area contributed by atoms with Crippen molar-refractivity contribution in [2.45, 2.75) is 24.8 Å². The lowest BCUT2D eigenvalue weighted by molar-refractivity contribution is 0.0948. The summed E-state index contributed by atoms with van der Waals surface area (Å²) in [6.45, 7) is 7.77. The third-order valence-corrected chi connectivity index (χ3v) is 4.55. The van der Waals surface area contributed by atoms with E-state index < -0.39 is 0 Å². The molecule has 0 radical (unpaired) electrons. The van der Waals surface area contributed by atoms with Crippen molar-refractivity contribution < 1.29 is 4.79 Å². The van der Waals surface area contributed by atoms with Crippen LogP contribution in [0, 0.1) is 0 Å². The summed E-state index contributed by atoms with van der Waals surface area (Å²) in [4.78, 5) is 18.8. The van der Waals surface area contributed by atoms with Crippen molar-refractivity contribution in [1.82, 2.24) is 25.4 Å². The number of nitrogens with one attached hydrogen (secondary N) is 2. The molecule has 2 rings (SSSR count). The van der Waals surface area contributed by atoms with Gasteiger partial charge in [0, 0.05) is 24.4 Å². The number of benzene rings is 1. The number of rotatable bonds is 9. The summed E-state index contributed by atoms with van der Waals surface area (Å²) in [7, 11) is 0. The van der Waals surface area contributed by atoms with E-state index in [9.17, 15) is 4.79 Å². The number of hydrogen-bond acceptors (Lipinski definition) is 5. The Hall–Kier alpha value is -1.86. The summed E-state index contributed by atoms with van der Waals surface area (Å²) >= 11 is 1.53. The highest BCUT2D eigenvalue weighted by molar-refractivity contribution is 7.98. The molecule has 124 valence electrons. The van der Waals surface area contributed by atoms with E-state index in [0.29, 0.717) is 12.3 Å². The fraction of sp³-hybridized carbons (Fsp3) is 0.438. The lowest BCUT2D eigenvalue weighted by Gasteiger charge is -2.18. The van der Waals surface area contributed by atoms with Crippen LogP contribution in [0.2, 0.25) is 0 Å². The molecule has 1 aromatic carbocycles. The molecule has 2 aromatic rings. The lowest BCUT2D eigenvalue weighted by Crippen LogP contribution is -2.35. The van der Waals surface area contributed by atoms with E-state index in [0.717, 1.165) is 35.9 Å². The van der Waals surface area contributed by atoms with Gasteiger partial charge in [-0.1, -0.05) is 43.8 Å². The van der Waals surface area contributed by atoms with Crippen LogP contribution in [-0.2, 0) is 5.75 Å². The first-order valence-corrected chi connectivity index (χ1v) is 8.79. The van der Waals surface area contributed by atoms with Gasteiger partial charge < -0.3 is 10.2 Å². The molecule has 6 nitrogen and oxygen atoms in total. The summed E-state index contributed by atoms with van der Waals surface area (Å²) < 4.78 is 0. The maximum Gasteiger partial charge on any atom is 0.251 e. The second-order valence-electron chi connectivity index (χ2n) is 5.02. The van der Waals surface area contributed by atoms with Gasteiger partial charge in [-0.2, -0.15) is 5.10 Å². The molecule has 0 saturated heterocycles. The maximum absolute atomic E-state index is 12.4. The molecule has 2 N–H and O–H groups in total. The topological polar surface area (TPSA) is 73.9 Å². The molecular formula is C16H23N5OS. The van der Waals surface area contributed by atoms with Gasteiger partial charge in [0.1, 0.15) is 6.33 Å². The standard InChI is InChI=1S/C16H23N5OS/c1-3-21(4-2)10-9-17-15(22)14-8-6-5-7-13(14)11-23-16-18-12-19-20-16/h5-8,12H,3-4,9-11H2,1-2H3,(H,17,22)(H,18,19,20). The van der Waals surface area contributed by atoms with Gasteiger partial charge in [0.2, 0.25) is 0 Å². The number of nitrogens with zero attached hydrogens (tertiary/aromatic N) is 3. The van der Waals surface area contributed by atoms with Crippen molar-refractivity contribution in [1.29, 1.82) is 0 Å². The monoisotopic (exact) mass is 333 g/mol. The van der Waals surface area contributed by atoms with Crippen LogP contribution in [0.25, 0.3) is 0 Å². The van der Waals surface area contributed by atoms with Crippen molar-refractivity contribution in [2.24, 2.45) is 0 Å². The van der Waals surface area contributed by atoms with E-state index >= 15 is 0 Å². The molecule has 0 fully saturated rings. The van der Waals surface area contributed by atoms with Crippen LogP contribution in [0.5, 0.6) is 0 Å². The highest BCUT2D eigenvalue weighted by atomic mass is 32.2. The molecular weight excluding hydrogens is 310 g/mol. The minimum Gasteiger partial charge on any atom is -0.351 e. The summed E-state index contributed by atoms with van der Waals surface area (Å²) in [5.74, 6) is 0.653. The first-order valence-electron chi connectivity index (χ1n) is 7.81. The predicted octanol–water partition coefficient (Wildman–Crippen LogP) is 2.17. The summed E-state index contributed by atoms with van der Waals surface area (Å²) in [5.41, 5.74) is 1.72. The number of carbonyl (C=O) groups is 1. The SMILES string of the molecule is CCN(CC)CCNC(=O)c1ccccc1CSc1ncn[nH]1. The van der Waals surface area contributed by atoms with Crippen LogP contribution in [0.4, 0.5) is 0 Å². The molecule has 0 atom stereocenters. The van der Waals surface area contributed by atoms with E-state index in [4.69, 9.17) is 0 Å². The average molecular weight is 333 g/mol. The van der Waals surface area contributed by atoms with Crippen molar-refractivity contribution >= 4 is 17.7 Å². The molecule has 0 bridgehead atoms. The quantitative estimate of drug-likeness (QED) is 0.688. The van der Waals surface area contributed by atoms with Crippen LogP contribution in [0.15, 0.2) is 35.7 Å². The predicted molar refractivity (Wildman–Crippen MR) is 92.5 cm³/mol. The zero-order valence-electron chi connectivity index (χ0n) is 13.6. The van der Waals surface area contributed by atoms with E-state index in [1.54, 1.807) is 0 Å². The van der Waals surface area contributed by atoms with Gasteiger partial charge in [-0.15, -0.1) is 0 Å². The molecule has 1 heterocycles. The summed E-state index contributed by atoms with van der Waals surface area (Å²) in [6, 6.07) is 7.68. The minimum absolute atomic E-state index is 0.0223. The molecule has 0 saturated carbocycles. The summed E-state index contributed by atoms with van der Waals surface area (Å²) in [5, 5.41) is 10.4. The number of amides is 1. The molecule has 0 aliphatic rings. The Morgan fingerprint density at radius 1 is 1.30 bits per heavy atom. The van der Waals surface area contributed by atoms with Gasteiger partial charge in [-0.3, -0.25) is 9.89 Å². The molecule has 0 spiro atoms. The Balaban J connectivity index is 1.91. The van der Waals surface area contributed by atoms with Gasteiger partial charge in [0.15, 0.2) is 5.16 Å². The van der Waals surface area contributed by atoms with Crippen LogP contribution < -0.4 is 5.32 Å². The largest absolute Gasteiger partial charge is 0.351 e. The Bertz CT molecular complexity index is 598. The normalized spacial score (nSPS) is 10.9. The number of aromatic nitrogens is 3. The second kappa shape index (κ2) is 9.32. The highest BCUT2D eigenvalue weighted by Crippen LogP contribution is 2.20. The first kappa shape index (κ1) is 17.5. The Labute approximate surface area is 141 Å². The molecule has 1 amide bonds. The molecule has 1 aromatic heterocycles. The number of aromatic amines is 1. The third-order valence-electron chi connectivity index (χ3n) is 3.63. The lowest BCUT2D eigenvalue weighted by atomic mass is 10.1. The van der Waals surface area contributed by atoms with E-state index in [1.165, 1.54) is 18.1 Å². The zero-order valence-corrected chi connectivity index (χ0v) is 14.4. The van der Waals surface area contributed by atoms with Crippen molar-refractivity contribution in [3.8, 4) is 0 Å². The molecule has 7 heteroatoms. The smallest absolute Gasteiger partial charge is 0.251 e. The zero-order chi connectivity index (χ0) is 16.5. The minimum atomic E-state index is -0.0223. The number of hydrogen-bond donors (Lipinski definition) is 2. The van der Waals surface area contributed by atoms with Crippen LogP contribution in [0.1, 0.15) is 29.8 Å². The van der Waals surface area contributed by atoms with E-state index in [1.807, 2.05) is 24.3 Å². The Morgan fingerprint density at radius 2 is 2.09 bits per heavy atom. The Morgan fingerprint density at radius 3 is 2.78 bits per heavy atom. The molecule has 0 aliphatic carbocycles. The van der Waals surface area contributed by atoms with Gasteiger partial charge in [0.05, 0.1) is 0 Å². The number of likely N-dealkylation sites (N-methyl/N-ethyl adjacent to an activating group) is 1. The Kier molecular flexibility index (Phi) is 7.09. The van der Waals surface area contributed by atoms with E-state index in [2.05, 4.69) is 39.2 Å². The molecule has 0 unspecified atom stereocenters. The van der Waals surface area contributed by atoms with Gasteiger partial charge in [-0.05, 0) is 24.7 Å². The number of H-pyrrole nitrogens is 1. The fourth-order valence-corrected chi connectivity index (χ4v) is 3.02. The molecule has 0 aliphatic heterocycles. The molecule has 23 heavy (non-hydrogen) atoms. The van der Waals surface area contributed by atoms with Crippen LogP contribution in [-0.4, -0.2) is 52.2 Å². The van der Waals surface area contributed by atoms with Crippen LogP contribution >= 0.6 is 11.8 Å². The van der Waals surface area contributed by atoms with Crippen LogP contribution in [0.3, 0.4) is 0 Å². The van der Waals surface area contributed by atoms with Crippen molar-refractivity contribution in [2.75, 3.05) is 26.2 Å². The third kappa shape index (κ3) is 5.37. The van der Waals surface area contributed by atoms with Gasteiger partial charge >= 0.3 is 0 Å². The van der Waals surface area contributed by atoms with Crippen molar-refractivity contribution in [3.63, 3.8) is 0 Å². The fourth-order valence-electron chi connectivity index (χ4n) is 2.24. The maximum atomic E-state index is 12.4. The first-order chi connectivity index (χ1) is 11.2. The van der Waals surface area contributed by atoms with Crippen molar-refractivity contribution in [3.05, 3.63) is 41.7 Å². The van der Waals surface area contributed by atoms with E-state index in [-0.39, 0.29) is 5.91 Å². The van der Waals surface area contributed by atoms with Gasteiger partial charge in [0.25, 0.3) is 5.91 Å². The second-order valence-corrected chi connectivity index (χ2v) is 5.98. The average Bonchev–Trinajstić information content (AvgIpc) is 3.10. The number of thioether (sulfide) groups is 1. The van der Waals surface area contributed by atoms with Gasteiger partial charge in [-0.25, -0.2) is 4.98 Å². The summed E-state index contributed by atoms with van der Waals surface area (Å²) in [6.07, 6.45) is 1.48. The number of carbonyl (C=O) groups excluding carboxylic acids is 1. The highest BCUT2D eigenvalue weighted by Gasteiger charge is 2.11.